The monoisotopic (exact) mass is 308 g/mol. The van der Waals surface area contributed by atoms with E-state index >= 15 is 0 Å². The predicted octanol–water partition coefficient (Wildman–Crippen LogP) is 3.51. The van der Waals surface area contributed by atoms with E-state index in [4.69, 9.17) is 4.84 Å². The number of hydrogen-bond donors (Lipinski definition) is 1. The second-order valence-corrected chi connectivity index (χ2v) is 5.87. The summed E-state index contributed by atoms with van der Waals surface area (Å²) in [7, 11) is 0. The van der Waals surface area contributed by atoms with Crippen molar-refractivity contribution in [3.63, 3.8) is 0 Å². The molecule has 0 aliphatic heterocycles. The Kier molecular flexibility index (Phi) is 5.12. The number of rotatable bonds is 5. The lowest BCUT2D eigenvalue weighted by Gasteiger charge is -2.22. The number of aliphatic hydroxyl groups excluding tert-OH is 1. The average Bonchev–Trinajstić information content (AvgIpc) is 2.88. The summed E-state index contributed by atoms with van der Waals surface area (Å²) in [5, 5.41) is 14.2. The van der Waals surface area contributed by atoms with Gasteiger partial charge in [0.1, 0.15) is 12.4 Å². The van der Waals surface area contributed by atoms with Gasteiger partial charge in [-0.25, -0.2) is 0 Å². The molecule has 0 saturated heterocycles. The number of carbonyl (C=O) groups is 1. The molecule has 0 spiro atoms. The molecular weight excluding hydrogens is 288 g/mol. The molecule has 1 atom stereocenters. The Labute approximate surface area is 128 Å². The first kappa shape index (κ1) is 15.7. The number of allylic oxidation sites excluding steroid dienone is 2. The largest absolute Gasteiger partial charge is 0.511 e. The Hall–Kier alpha value is -1.69. The van der Waals surface area contributed by atoms with Gasteiger partial charge in [-0.15, -0.1) is 0 Å². The van der Waals surface area contributed by atoms with Crippen molar-refractivity contribution in [3.05, 3.63) is 28.0 Å². The van der Waals surface area contributed by atoms with Crippen molar-refractivity contribution >= 4 is 23.0 Å². The first-order chi connectivity index (χ1) is 10.1. The van der Waals surface area contributed by atoms with E-state index in [1.165, 1.54) is 11.5 Å². The molecule has 2 rings (SSSR count). The molecule has 0 fully saturated rings. The zero-order chi connectivity index (χ0) is 15.4. The van der Waals surface area contributed by atoms with E-state index in [9.17, 15) is 9.90 Å². The van der Waals surface area contributed by atoms with Gasteiger partial charge in [0.15, 0.2) is 5.78 Å². The van der Waals surface area contributed by atoms with Gasteiger partial charge in [0, 0.05) is 23.6 Å². The molecule has 1 aromatic rings. The molecule has 1 aliphatic carbocycles. The molecule has 5 nitrogen and oxygen atoms in total. The van der Waals surface area contributed by atoms with Crippen LogP contribution in [0.4, 0.5) is 0 Å². The van der Waals surface area contributed by atoms with Gasteiger partial charge in [-0.1, -0.05) is 12.1 Å². The summed E-state index contributed by atoms with van der Waals surface area (Å²) in [4.78, 5) is 18.5. The molecule has 1 aromatic heterocycles. The second kappa shape index (κ2) is 6.85. The summed E-state index contributed by atoms with van der Waals surface area (Å²) < 4.78 is 4.24. The van der Waals surface area contributed by atoms with Crippen LogP contribution in [-0.2, 0) is 9.63 Å². The average molecular weight is 308 g/mol. The van der Waals surface area contributed by atoms with Crippen LogP contribution in [-0.4, -0.2) is 27.6 Å². The Morgan fingerprint density at radius 1 is 1.52 bits per heavy atom. The van der Waals surface area contributed by atoms with Gasteiger partial charge >= 0.3 is 0 Å². The van der Waals surface area contributed by atoms with E-state index in [-0.39, 0.29) is 17.5 Å². The number of hydrogen-bond acceptors (Lipinski definition) is 6. The van der Waals surface area contributed by atoms with Gasteiger partial charge in [0.05, 0.1) is 17.0 Å². The molecule has 1 aliphatic rings. The van der Waals surface area contributed by atoms with Gasteiger partial charge in [0.25, 0.3) is 0 Å². The van der Waals surface area contributed by atoms with Gasteiger partial charge < -0.3 is 9.94 Å². The summed E-state index contributed by atoms with van der Waals surface area (Å²) in [6, 6.07) is 1.98. The van der Waals surface area contributed by atoms with E-state index in [1.54, 1.807) is 0 Å². The van der Waals surface area contributed by atoms with E-state index in [0.717, 1.165) is 10.6 Å². The van der Waals surface area contributed by atoms with Crippen molar-refractivity contribution in [2.75, 3.05) is 6.61 Å². The van der Waals surface area contributed by atoms with Crippen LogP contribution < -0.4 is 0 Å². The fourth-order valence-electron chi connectivity index (χ4n) is 2.43. The Morgan fingerprint density at radius 2 is 2.29 bits per heavy atom. The number of oxime groups is 1. The lowest BCUT2D eigenvalue weighted by atomic mass is 9.84. The van der Waals surface area contributed by atoms with Gasteiger partial charge in [0.2, 0.25) is 0 Å². The SMILES string of the molecule is CCO/N=C(/CC)C1=C(O)CC(c2cc(C)ns2)CC1=O. The molecule has 21 heavy (non-hydrogen) atoms. The predicted molar refractivity (Wildman–Crippen MR) is 82.8 cm³/mol. The molecule has 0 bridgehead atoms. The maximum absolute atomic E-state index is 12.4. The number of aryl methyl sites for hydroxylation is 1. The highest BCUT2D eigenvalue weighted by Gasteiger charge is 2.32. The zero-order valence-electron chi connectivity index (χ0n) is 12.5. The molecule has 0 radical (unpaired) electrons. The van der Waals surface area contributed by atoms with Gasteiger partial charge in [-0.3, -0.25) is 4.79 Å². The Balaban J connectivity index is 2.26. The van der Waals surface area contributed by atoms with Crippen LogP contribution in [0.5, 0.6) is 0 Å². The third kappa shape index (κ3) is 3.50. The van der Waals surface area contributed by atoms with E-state index in [2.05, 4.69) is 9.53 Å². The summed E-state index contributed by atoms with van der Waals surface area (Å²) in [5.41, 5.74) is 1.81. The number of aliphatic hydroxyl groups is 1. The van der Waals surface area contributed by atoms with Crippen molar-refractivity contribution in [2.24, 2.45) is 5.16 Å². The maximum Gasteiger partial charge on any atom is 0.168 e. The summed E-state index contributed by atoms with van der Waals surface area (Å²) in [5.74, 6) is 0.0513. The molecule has 1 N–H and O–H groups in total. The third-order valence-corrected chi connectivity index (χ3v) is 4.46. The van der Waals surface area contributed by atoms with Crippen LogP contribution in [0, 0.1) is 6.92 Å². The van der Waals surface area contributed by atoms with Gasteiger partial charge in [-0.2, -0.15) is 4.37 Å². The molecular formula is C15H20N2O3S. The standard InChI is InChI=1S/C15H20N2O3S/c1-4-11(16-20-5-2)15-12(18)7-10(8-13(15)19)14-6-9(3)17-21-14/h6,10,18H,4-5,7-8H2,1-3H3/b16-11-. The minimum atomic E-state index is -0.0740. The van der Waals surface area contributed by atoms with Crippen molar-refractivity contribution in [2.45, 2.75) is 46.0 Å². The smallest absolute Gasteiger partial charge is 0.168 e. The molecule has 1 heterocycles. The van der Waals surface area contributed by atoms with Crippen molar-refractivity contribution in [1.82, 2.24) is 4.37 Å². The maximum atomic E-state index is 12.4. The summed E-state index contributed by atoms with van der Waals surface area (Å²) in [6.07, 6.45) is 1.38. The number of aromatic nitrogens is 1. The topological polar surface area (TPSA) is 71.8 Å². The third-order valence-electron chi connectivity index (χ3n) is 3.41. The van der Waals surface area contributed by atoms with Crippen molar-refractivity contribution < 1.29 is 14.7 Å². The minimum Gasteiger partial charge on any atom is -0.511 e. The molecule has 6 heteroatoms. The van der Waals surface area contributed by atoms with E-state index in [1.807, 2.05) is 26.8 Å². The van der Waals surface area contributed by atoms with Crippen molar-refractivity contribution in [1.29, 1.82) is 0 Å². The lowest BCUT2D eigenvalue weighted by molar-refractivity contribution is -0.116. The molecule has 0 aromatic carbocycles. The van der Waals surface area contributed by atoms with Crippen LogP contribution >= 0.6 is 11.5 Å². The van der Waals surface area contributed by atoms with Crippen LogP contribution in [0.15, 0.2) is 22.6 Å². The number of nitrogens with zero attached hydrogens (tertiary/aromatic N) is 2. The number of ketones is 1. The van der Waals surface area contributed by atoms with E-state index in [0.29, 0.717) is 37.2 Å². The highest BCUT2D eigenvalue weighted by molar-refractivity contribution is 7.05. The Morgan fingerprint density at radius 3 is 2.81 bits per heavy atom. The van der Waals surface area contributed by atoms with Crippen LogP contribution in [0.2, 0.25) is 0 Å². The molecule has 0 saturated carbocycles. The van der Waals surface area contributed by atoms with Crippen LogP contribution in [0.3, 0.4) is 0 Å². The summed E-state index contributed by atoms with van der Waals surface area (Å²) in [6.45, 7) is 6.09. The quantitative estimate of drug-likeness (QED) is 0.667. The van der Waals surface area contributed by atoms with Crippen molar-refractivity contribution in [3.8, 4) is 0 Å². The Bertz CT molecular complexity index is 589. The van der Waals surface area contributed by atoms with Crippen LogP contribution in [0.1, 0.15) is 49.6 Å². The lowest BCUT2D eigenvalue weighted by Crippen LogP contribution is -2.23. The fourth-order valence-corrected chi connectivity index (χ4v) is 3.27. The van der Waals surface area contributed by atoms with E-state index < -0.39 is 0 Å². The minimum absolute atomic E-state index is 0.0117. The highest BCUT2D eigenvalue weighted by Crippen LogP contribution is 2.36. The first-order valence-electron chi connectivity index (χ1n) is 7.14. The number of carbonyl (C=O) groups excluding carboxylic acids is 1. The second-order valence-electron chi connectivity index (χ2n) is 5.03. The van der Waals surface area contributed by atoms with Gasteiger partial charge in [-0.05, 0) is 37.9 Å². The molecule has 0 amide bonds. The number of Topliss-reactive ketones (excluding diaryl/α,β-unsaturated/α-hetero) is 1. The van der Waals surface area contributed by atoms with Crippen LogP contribution in [0.25, 0.3) is 0 Å². The summed E-state index contributed by atoms with van der Waals surface area (Å²) >= 11 is 1.40. The molecule has 114 valence electrons. The zero-order valence-corrected chi connectivity index (χ0v) is 13.4. The normalized spacial score (nSPS) is 20.0. The fraction of sp³-hybridized carbons (Fsp3) is 0.533. The first-order valence-corrected chi connectivity index (χ1v) is 7.91. The highest BCUT2D eigenvalue weighted by atomic mass is 32.1. The molecule has 1 unspecified atom stereocenters.